The molecule has 2 nitrogen and oxygen atoms in total. The summed E-state index contributed by atoms with van der Waals surface area (Å²) in [6, 6.07) is 13.8. The van der Waals surface area contributed by atoms with Gasteiger partial charge in [0, 0.05) is 0 Å². The van der Waals surface area contributed by atoms with E-state index in [4.69, 9.17) is 0 Å². The summed E-state index contributed by atoms with van der Waals surface area (Å²) in [4.78, 5) is 13.7. The van der Waals surface area contributed by atoms with Crippen molar-refractivity contribution in [2.24, 2.45) is 0 Å². The van der Waals surface area contributed by atoms with Crippen molar-refractivity contribution in [2.45, 2.75) is 6.54 Å². The van der Waals surface area contributed by atoms with Crippen LogP contribution in [0.4, 0.5) is 0 Å². The fourth-order valence-corrected chi connectivity index (χ4v) is 2.62. The van der Waals surface area contributed by atoms with Gasteiger partial charge in [0.2, 0.25) is 0 Å². The molecule has 2 rings (SSSR count). The molecule has 0 aliphatic rings. The van der Waals surface area contributed by atoms with Crippen LogP contribution in [0.3, 0.4) is 0 Å². The summed E-state index contributed by atoms with van der Waals surface area (Å²) in [5.74, 6) is 0.0591. The second-order valence-electron chi connectivity index (χ2n) is 3.15. The van der Waals surface area contributed by atoms with Crippen LogP contribution in [0.15, 0.2) is 47.4 Å². The Morgan fingerprint density at radius 3 is 2.60 bits per heavy atom. The molecular weight excluding hydrogens is 253 g/mol. The summed E-state index contributed by atoms with van der Waals surface area (Å²) < 4.78 is 0.901. The number of rotatable bonds is 3. The molecule has 0 spiro atoms. The molecule has 0 fully saturated rings. The van der Waals surface area contributed by atoms with Gasteiger partial charge in [-0.25, -0.2) is 0 Å². The van der Waals surface area contributed by atoms with Crippen molar-refractivity contribution in [2.75, 3.05) is 0 Å². The number of nitrogens with one attached hydrogen (secondary N) is 1. The Hall–Kier alpha value is -1.31. The number of amides is 1. The van der Waals surface area contributed by atoms with Gasteiger partial charge in [0.05, 0.1) is 0 Å². The van der Waals surface area contributed by atoms with Crippen molar-refractivity contribution in [1.29, 1.82) is 0 Å². The van der Waals surface area contributed by atoms with Gasteiger partial charge in [-0.3, -0.25) is 0 Å². The zero-order chi connectivity index (χ0) is 10.5. The Bertz CT molecular complexity index is 422. The van der Waals surface area contributed by atoms with Crippen LogP contribution >= 0.6 is 0 Å². The summed E-state index contributed by atoms with van der Waals surface area (Å²) in [6.07, 6.45) is 0. The molecule has 1 heterocycles. The third kappa shape index (κ3) is 2.82. The van der Waals surface area contributed by atoms with Crippen LogP contribution in [0.2, 0.25) is 0 Å². The van der Waals surface area contributed by atoms with Crippen LogP contribution < -0.4 is 5.32 Å². The van der Waals surface area contributed by atoms with Gasteiger partial charge in [-0.05, 0) is 0 Å². The molecular formula is C12H11NOSe. The van der Waals surface area contributed by atoms with E-state index in [9.17, 15) is 4.79 Å². The summed E-state index contributed by atoms with van der Waals surface area (Å²) in [6.45, 7) is 0.604. The normalized spacial score (nSPS) is 9.87. The Labute approximate surface area is 94.7 Å². The summed E-state index contributed by atoms with van der Waals surface area (Å²) in [5.41, 5.74) is 1.13. The van der Waals surface area contributed by atoms with Crippen molar-refractivity contribution in [3.8, 4) is 0 Å². The molecule has 76 valence electrons. The molecule has 1 N–H and O–H groups in total. The minimum absolute atomic E-state index is 0.0591. The van der Waals surface area contributed by atoms with Crippen molar-refractivity contribution in [3.05, 3.63) is 57.4 Å². The van der Waals surface area contributed by atoms with E-state index in [1.54, 1.807) is 0 Å². The maximum atomic E-state index is 11.6. The second-order valence-corrected chi connectivity index (χ2v) is 5.13. The van der Waals surface area contributed by atoms with Gasteiger partial charge in [-0.2, -0.15) is 0 Å². The zero-order valence-corrected chi connectivity index (χ0v) is 9.86. The van der Waals surface area contributed by atoms with E-state index in [-0.39, 0.29) is 20.4 Å². The SMILES string of the molecule is O=C(NCc1ccccc1)c1ccc[se]1. The van der Waals surface area contributed by atoms with E-state index >= 15 is 0 Å². The molecule has 2 aromatic rings. The fourth-order valence-electron chi connectivity index (χ4n) is 1.27. The molecule has 0 unspecified atom stereocenters. The molecule has 1 aromatic carbocycles. The molecule has 0 saturated heterocycles. The molecule has 0 saturated carbocycles. The van der Waals surface area contributed by atoms with E-state index in [1.165, 1.54) is 0 Å². The Balaban J connectivity index is 1.92. The van der Waals surface area contributed by atoms with E-state index in [0.717, 1.165) is 10.0 Å². The van der Waals surface area contributed by atoms with Crippen molar-refractivity contribution < 1.29 is 4.79 Å². The molecule has 0 bridgehead atoms. The molecule has 0 atom stereocenters. The first-order chi connectivity index (χ1) is 7.36. The molecule has 1 amide bonds. The molecule has 0 aliphatic carbocycles. The van der Waals surface area contributed by atoms with E-state index in [1.807, 2.05) is 47.4 Å². The van der Waals surface area contributed by atoms with E-state index in [2.05, 4.69) is 5.32 Å². The van der Waals surface area contributed by atoms with Gasteiger partial charge in [0.25, 0.3) is 0 Å². The predicted octanol–water partition coefficient (Wildman–Crippen LogP) is 1.67. The standard InChI is InChI=1S/C12H11NOSe/c14-12(11-7-4-8-15-11)13-9-10-5-2-1-3-6-10/h1-8H,9H2,(H,13,14). The zero-order valence-electron chi connectivity index (χ0n) is 8.14. The van der Waals surface area contributed by atoms with E-state index in [0.29, 0.717) is 6.54 Å². The monoisotopic (exact) mass is 265 g/mol. The third-order valence-electron chi connectivity index (χ3n) is 2.04. The van der Waals surface area contributed by atoms with Gasteiger partial charge in [0.15, 0.2) is 0 Å². The molecule has 1 aromatic heterocycles. The van der Waals surface area contributed by atoms with Crippen LogP contribution in [-0.2, 0) is 6.54 Å². The van der Waals surface area contributed by atoms with Crippen LogP contribution in [0.5, 0.6) is 0 Å². The molecule has 15 heavy (non-hydrogen) atoms. The molecule has 0 radical (unpaired) electrons. The van der Waals surface area contributed by atoms with Crippen molar-refractivity contribution in [1.82, 2.24) is 5.32 Å². The first-order valence-electron chi connectivity index (χ1n) is 4.72. The van der Waals surface area contributed by atoms with Gasteiger partial charge >= 0.3 is 94.5 Å². The van der Waals surface area contributed by atoms with Crippen molar-refractivity contribution >= 4 is 20.4 Å². The number of hydrogen-bond acceptors (Lipinski definition) is 1. The average molecular weight is 264 g/mol. The first-order valence-corrected chi connectivity index (χ1v) is 6.56. The number of carbonyl (C=O) groups excluding carboxylic acids is 1. The van der Waals surface area contributed by atoms with Crippen LogP contribution in [0.25, 0.3) is 0 Å². The fraction of sp³-hybridized carbons (Fsp3) is 0.0833. The van der Waals surface area contributed by atoms with Crippen LogP contribution in [-0.4, -0.2) is 20.4 Å². The van der Waals surface area contributed by atoms with E-state index < -0.39 is 0 Å². The average Bonchev–Trinajstić information content (AvgIpc) is 2.81. The topological polar surface area (TPSA) is 29.1 Å². The molecule has 0 aliphatic heterocycles. The van der Waals surface area contributed by atoms with Gasteiger partial charge in [0.1, 0.15) is 0 Å². The second kappa shape index (κ2) is 4.96. The predicted molar refractivity (Wildman–Crippen MR) is 61.0 cm³/mol. The van der Waals surface area contributed by atoms with Gasteiger partial charge in [-0.15, -0.1) is 0 Å². The quantitative estimate of drug-likeness (QED) is 0.839. The number of carbonyl (C=O) groups is 1. The van der Waals surface area contributed by atoms with Crippen molar-refractivity contribution in [3.63, 3.8) is 0 Å². The Morgan fingerprint density at radius 2 is 1.93 bits per heavy atom. The summed E-state index contributed by atoms with van der Waals surface area (Å²) in [7, 11) is 0. The molecule has 3 heteroatoms. The van der Waals surface area contributed by atoms with Gasteiger partial charge < -0.3 is 0 Å². The number of hydrogen-bond donors (Lipinski definition) is 1. The first kappa shape index (κ1) is 10.2. The van der Waals surface area contributed by atoms with Crippen LogP contribution in [0, 0.1) is 0 Å². The summed E-state index contributed by atoms with van der Waals surface area (Å²) in [5, 5.41) is 2.91. The number of benzene rings is 1. The third-order valence-corrected chi connectivity index (χ3v) is 3.86. The van der Waals surface area contributed by atoms with Gasteiger partial charge in [-0.1, -0.05) is 0 Å². The van der Waals surface area contributed by atoms with Crippen LogP contribution in [0.1, 0.15) is 14.8 Å². The minimum atomic E-state index is 0.0591. The Morgan fingerprint density at radius 1 is 1.13 bits per heavy atom. The maximum absolute atomic E-state index is 11.6. The Kier molecular flexibility index (Phi) is 3.38. The summed E-state index contributed by atoms with van der Waals surface area (Å²) >= 11 is 0.223.